The molecule has 0 saturated heterocycles. The second-order valence-electron chi connectivity index (χ2n) is 3.11. The quantitative estimate of drug-likeness (QED) is 0.670. The fourth-order valence-corrected chi connectivity index (χ4v) is 1.97. The van der Waals surface area contributed by atoms with Crippen LogP contribution in [0.25, 0.3) is 0 Å². The lowest BCUT2D eigenvalue weighted by Crippen LogP contribution is -1.98. The molecule has 0 bridgehead atoms. The molecule has 1 unspecified atom stereocenters. The topological polar surface area (TPSA) is 17.1 Å². The highest BCUT2D eigenvalue weighted by molar-refractivity contribution is 7.98. The monoisotopic (exact) mass is 194 g/mol. The van der Waals surface area contributed by atoms with E-state index in [1.165, 1.54) is 5.56 Å². The van der Waals surface area contributed by atoms with Crippen LogP contribution in [0.5, 0.6) is 0 Å². The van der Waals surface area contributed by atoms with E-state index in [1.54, 1.807) is 0 Å². The Hall–Kier alpha value is -0.760. The first kappa shape index (κ1) is 10.3. The fourth-order valence-electron chi connectivity index (χ4n) is 0.976. The number of benzene rings is 1. The van der Waals surface area contributed by atoms with Crippen LogP contribution in [0.4, 0.5) is 0 Å². The first-order chi connectivity index (χ1) is 6.33. The predicted octanol–water partition coefficient (Wildman–Crippen LogP) is 2.75. The Morgan fingerprint density at radius 3 is 2.69 bits per heavy atom. The Balaban J connectivity index is 2.24. The summed E-state index contributed by atoms with van der Waals surface area (Å²) in [7, 11) is 0. The van der Waals surface area contributed by atoms with Crippen LogP contribution < -0.4 is 0 Å². The van der Waals surface area contributed by atoms with Gasteiger partial charge in [-0.25, -0.2) is 0 Å². The van der Waals surface area contributed by atoms with Crippen molar-refractivity contribution in [2.24, 2.45) is 5.92 Å². The van der Waals surface area contributed by atoms with Crippen molar-refractivity contribution in [3.05, 3.63) is 35.9 Å². The van der Waals surface area contributed by atoms with Gasteiger partial charge in [0.2, 0.25) is 0 Å². The first-order valence-corrected chi connectivity index (χ1v) is 5.55. The van der Waals surface area contributed by atoms with Crippen LogP contribution in [-0.2, 0) is 10.5 Å². The molecule has 0 aromatic heterocycles. The number of hydrogen-bond acceptors (Lipinski definition) is 2. The van der Waals surface area contributed by atoms with E-state index < -0.39 is 0 Å². The Labute approximate surface area is 83.5 Å². The maximum absolute atomic E-state index is 10.3. The maximum atomic E-state index is 10.3. The minimum atomic E-state index is 0.175. The highest BCUT2D eigenvalue weighted by atomic mass is 32.2. The van der Waals surface area contributed by atoms with Crippen molar-refractivity contribution in [2.45, 2.75) is 12.7 Å². The van der Waals surface area contributed by atoms with E-state index in [0.717, 1.165) is 17.8 Å². The van der Waals surface area contributed by atoms with Crippen LogP contribution in [0.15, 0.2) is 30.3 Å². The zero-order valence-electron chi connectivity index (χ0n) is 7.77. The lowest BCUT2D eigenvalue weighted by Gasteiger charge is -2.03. The highest BCUT2D eigenvalue weighted by Crippen LogP contribution is 2.13. The molecule has 1 aromatic rings. The smallest absolute Gasteiger partial charge is 0.123 e. The van der Waals surface area contributed by atoms with Gasteiger partial charge in [-0.05, 0) is 5.56 Å². The second-order valence-corrected chi connectivity index (χ2v) is 4.14. The SMILES string of the molecule is CC(C=O)CSCc1ccccc1. The van der Waals surface area contributed by atoms with Crippen molar-refractivity contribution in [3.8, 4) is 0 Å². The average molecular weight is 194 g/mol. The number of rotatable bonds is 5. The molecule has 0 aliphatic heterocycles. The van der Waals surface area contributed by atoms with E-state index in [-0.39, 0.29) is 5.92 Å². The summed E-state index contributed by atoms with van der Waals surface area (Å²) in [6.45, 7) is 1.95. The van der Waals surface area contributed by atoms with Crippen LogP contribution in [-0.4, -0.2) is 12.0 Å². The molecule has 0 aliphatic rings. The minimum Gasteiger partial charge on any atom is -0.303 e. The van der Waals surface area contributed by atoms with Crippen molar-refractivity contribution >= 4 is 18.0 Å². The molecule has 0 saturated carbocycles. The van der Waals surface area contributed by atoms with Gasteiger partial charge in [-0.1, -0.05) is 37.3 Å². The number of carbonyl (C=O) groups is 1. The van der Waals surface area contributed by atoms with E-state index >= 15 is 0 Å². The molecular weight excluding hydrogens is 180 g/mol. The fraction of sp³-hybridized carbons (Fsp3) is 0.364. The zero-order chi connectivity index (χ0) is 9.52. The summed E-state index contributed by atoms with van der Waals surface area (Å²) in [5.74, 6) is 2.09. The molecule has 13 heavy (non-hydrogen) atoms. The average Bonchev–Trinajstić information content (AvgIpc) is 2.19. The van der Waals surface area contributed by atoms with Crippen LogP contribution in [0.3, 0.4) is 0 Å². The summed E-state index contributed by atoms with van der Waals surface area (Å²) >= 11 is 1.81. The lowest BCUT2D eigenvalue weighted by atomic mass is 10.2. The molecule has 2 heteroatoms. The van der Waals surface area contributed by atoms with Crippen molar-refractivity contribution in [2.75, 3.05) is 5.75 Å². The van der Waals surface area contributed by atoms with Gasteiger partial charge in [0.1, 0.15) is 6.29 Å². The lowest BCUT2D eigenvalue weighted by molar-refractivity contribution is -0.110. The van der Waals surface area contributed by atoms with E-state index in [2.05, 4.69) is 12.1 Å². The van der Waals surface area contributed by atoms with Crippen LogP contribution in [0, 0.1) is 5.92 Å². The predicted molar refractivity (Wildman–Crippen MR) is 57.8 cm³/mol. The number of carbonyl (C=O) groups excluding carboxylic acids is 1. The summed E-state index contributed by atoms with van der Waals surface area (Å²) in [5.41, 5.74) is 1.32. The van der Waals surface area contributed by atoms with Crippen LogP contribution >= 0.6 is 11.8 Å². The van der Waals surface area contributed by atoms with Gasteiger partial charge in [-0.3, -0.25) is 0 Å². The van der Waals surface area contributed by atoms with E-state index in [4.69, 9.17) is 0 Å². The molecule has 1 rings (SSSR count). The van der Waals surface area contributed by atoms with Gasteiger partial charge in [-0.15, -0.1) is 0 Å². The Morgan fingerprint density at radius 1 is 1.38 bits per heavy atom. The van der Waals surface area contributed by atoms with Gasteiger partial charge in [0.25, 0.3) is 0 Å². The summed E-state index contributed by atoms with van der Waals surface area (Å²) in [4.78, 5) is 10.3. The number of hydrogen-bond donors (Lipinski definition) is 0. The Bertz CT molecular complexity index is 246. The minimum absolute atomic E-state index is 0.175. The standard InChI is InChI=1S/C11H14OS/c1-10(7-12)8-13-9-11-5-3-2-4-6-11/h2-7,10H,8-9H2,1H3. The van der Waals surface area contributed by atoms with Gasteiger partial charge in [0.15, 0.2) is 0 Å². The third-order valence-corrected chi connectivity index (χ3v) is 3.02. The number of aldehydes is 1. The van der Waals surface area contributed by atoms with Gasteiger partial charge in [-0.2, -0.15) is 11.8 Å². The molecule has 0 heterocycles. The third-order valence-electron chi connectivity index (χ3n) is 1.72. The molecule has 1 atom stereocenters. The largest absolute Gasteiger partial charge is 0.303 e. The summed E-state index contributed by atoms with van der Waals surface area (Å²) < 4.78 is 0. The third kappa shape index (κ3) is 4.13. The van der Waals surface area contributed by atoms with Crippen molar-refractivity contribution in [1.82, 2.24) is 0 Å². The number of thioether (sulfide) groups is 1. The maximum Gasteiger partial charge on any atom is 0.123 e. The van der Waals surface area contributed by atoms with Crippen LogP contribution in [0.1, 0.15) is 12.5 Å². The molecular formula is C11H14OS. The molecule has 0 N–H and O–H groups in total. The van der Waals surface area contributed by atoms with E-state index in [1.807, 2.05) is 36.9 Å². The van der Waals surface area contributed by atoms with Gasteiger partial charge in [0, 0.05) is 17.4 Å². The van der Waals surface area contributed by atoms with Crippen molar-refractivity contribution in [3.63, 3.8) is 0 Å². The van der Waals surface area contributed by atoms with Crippen molar-refractivity contribution in [1.29, 1.82) is 0 Å². The zero-order valence-corrected chi connectivity index (χ0v) is 8.59. The van der Waals surface area contributed by atoms with Gasteiger partial charge >= 0.3 is 0 Å². The summed E-state index contributed by atoms with van der Waals surface area (Å²) in [5, 5.41) is 0. The Kier molecular flexibility index (Phi) is 4.61. The highest BCUT2D eigenvalue weighted by Gasteiger charge is 1.99. The van der Waals surface area contributed by atoms with Crippen molar-refractivity contribution < 1.29 is 4.79 Å². The first-order valence-electron chi connectivity index (χ1n) is 4.40. The molecule has 1 nitrogen and oxygen atoms in total. The summed E-state index contributed by atoms with van der Waals surface area (Å²) in [6, 6.07) is 10.3. The van der Waals surface area contributed by atoms with Gasteiger partial charge < -0.3 is 4.79 Å². The molecule has 0 fully saturated rings. The second kappa shape index (κ2) is 5.81. The van der Waals surface area contributed by atoms with Crippen LogP contribution in [0.2, 0.25) is 0 Å². The molecule has 70 valence electrons. The van der Waals surface area contributed by atoms with E-state index in [9.17, 15) is 4.79 Å². The van der Waals surface area contributed by atoms with E-state index in [0.29, 0.717) is 0 Å². The molecule has 0 spiro atoms. The molecule has 0 radical (unpaired) electrons. The molecule has 1 aromatic carbocycles. The molecule has 0 amide bonds. The summed E-state index contributed by atoms with van der Waals surface area (Å²) in [6.07, 6.45) is 1.01. The molecule has 0 aliphatic carbocycles. The van der Waals surface area contributed by atoms with Gasteiger partial charge in [0.05, 0.1) is 0 Å². The normalized spacial score (nSPS) is 12.4. The Morgan fingerprint density at radius 2 is 2.08 bits per heavy atom.